The van der Waals surface area contributed by atoms with Gasteiger partial charge in [-0.3, -0.25) is 9.09 Å². The van der Waals surface area contributed by atoms with Gasteiger partial charge >= 0.3 is 25.8 Å². The maximum Gasteiger partial charge on any atom is 0.510 e. The molecule has 3 N–H and O–H groups in total. The third kappa shape index (κ3) is 9.82. The summed E-state index contributed by atoms with van der Waals surface area (Å²) in [5.74, 6) is -0.158. The van der Waals surface area contributed by atoms with Crippen molar-refractivity contribution < 1.29 is 70.0 Å². The molecule has 17 nitrogen and oxygen atoms in total. The van der Waals surface area contributed by atoms with Gasteiger partial charge in [0, 0.05) is 6.20 Å². The zero-order valence-corrected chi connectivity index (χ0v) is 24.3. The monoisotopic (exact) mass is 633 g/mol. The maximum atomic E-state index is 15.0. The molecular formula is C22H34F2N3O14P. The first-order valence-electron chi connectivity index (χ1n) is 12.4. The predicted molar refractivity (Wildman–Crippen MR) is 134 cm³/mol. The molecule has 240 valence electrons. The van der Waals surface area contributed by atoms with Gasteiger partial charge in [-0.2, -0.15) is 4.98 Å². The summed E-state index contributed by atoms with van der Waals surface area (Å²) in [6.07, 6.45) is -10.7. The van der Waals surface area contributed by atoms with Crippen LogP contribution >= 0.6 is 7.82 Å². The second-order valence-electron chi connectivity index (χ2n) is 9.17. The first-order chi connectivity index (χ1) is 19.6. The van der Waals surface area contributed by atoms with Crippen LogP contribution in [0.1, 0.15) is 40.8 Å². The van der Waals surface area contributed by atoms with Gasteiger partial charge in [0.05, 0.1) is 18.8 Å². The van der Waals surface area contributed by atoms with Gasteiger partial charge in [0.2, 0.25) is 13.6 Å². The van der Waals surface area contributed by atoms with Crippen LogP contribution in [-0.2, 0) is 46.6 Å². The van der Waals surface area contributed by atoms with Crippen LogP contribution in [-0.4, -0.2) is 90.2 Å². The minimum absolute atomic E-state index is 0.158. The van der Waals surface area contributed by atoms with Gasteiger partial charge in [-0.25, -0.2) is 36.8 Å². The molecule has 1 aromatic rings. The molecule has 0 saturated carbocycles. The molecule has 2 heterocycles. The van der Waals surface area contributed by atoms with E-state index in [1.54, 1.807) is 27.7 Å². The maximum absolute atomic E-state index is 15.0. The second kappa shape index (κ2) is 15.5. The Morgan fingerprint density at radius 1 is 1.10 bits per heavy atom. The van der Waals surface area contributed by atoms with Gasteiger partial charge in [-0.05, 0) is 40.7 Å². The van der Waals surface area contributed by atoms with E-state index >= 15 is 4.39 Å². The zero-order valence-electron chi connectivity index (χ0n) is 23.4. The second-order valence-corrected chi connectivity index (χ2v) is 10.8. The Hall–Kier alpha value is -2.93. The smallest absolute Gasteiger partial charge is 0.432 e. The van der Waals surface area contributed by atoms with Crippen molar-refractivity contribution in [1.29, 1.82) is 0 Å². The lowest BCUT2D eigenvalue weighted by Gasteiger charge is -2.33. The van der Waals surface area contributed by atoms with Crippen LogP contribution in [0, 0.1) is 0 Å². The van der Waals surface area contributed by atoms with Crippen LogP contribution in [0.2, 0.25) is 0 Å². The molecule has 1 aromatic heterocycles. The quantitative estimate of drug-likeness (QED) is 0.123. The van der Waals surface area contributed by atoms with E-state index in [4.69, 9.17) is 38.3 Å². The van der Waals surface area contributed by atoms with Gasteiger partial charge in [0.15, 0.2) is 24.8 Å². The number of aliphatic hydroxyl groups excluding tert-OH is 1. The molecule has 1 fully saturated rings. The summed E-state index contributed by atoms with van der Waals surface area (Å²) in [6.45, 7) is 3.18. The molecule has 1 aliphatic heterocycles. The standard InChI is InChI=1S/C22H34F2N3O14P/c1-12(2)39-20(30)34-10-37-42(32,38-11-35-21(31)40-13(3)4)36-9-33-8-22(14(5)23)17(28)16(24)18(41-22)27-7-6-15(25)26-19(27)29/h6-7,12-14,16-18,28H,8-11H2,1-5H3,(H2,25,26,29)/t14?,16-,17+,18-,22+/m1/s1. The number of aliphatic hydroxyl groups is 1. The van der Waals surface area contributed by atoms with E-state index in [1.807, 2.05) is 0 Å². The van der Waals surface area contributed by atoms with Crippen molar-refractivity contribution >= 4 is 26.0 Å². The van der Waals surface area contributed by atoms with Crippen LogP contribution in [0.4, 0.5) is 24.2 Å². The molecule has 1 unspecified atom stereocenters. The summed E-state index contributed by atoms with van der Waals surface area (Å²) in [7, 11) is -4.73. The number of carbonyl (C=O) groups is 2. The summed E-state index contributed by atoms with van der Waals surface area (Å²) >= 11 is 0. The van der Waals surface area contributed by atoms with Gasteiger partial charge < -0.3 is 39.3 Å². The molecule has 0 bridgehead atoms. The van der Waals surface area contributed by atoms with E-state index in [0.29, 0.717) is 4.57 Å². The molecule has 2 rings (SSSR count). The Morgan fingerprint density at radius 2 is 1.62 bits per heavy atom. The number of anilines is 1. The molecule has 0 spiro atoms. The molecule has 0 amide bonds. The first kappa shape index (κ1) is 35.3. The van der Waals surface area contributed by atoms with Crippen molar-refractivity contribution in [3.8, 4) is 0 Å². The Kier molecular flexibility index (Phi) is 13.0. The van der Waals surface area contributed by atoms with Crippen LogP contribution in [0.25, 0.3) is 0 Å². The fourth-order valence-corrected chi connectivity index (χ4v) is 4.11. The number of nitrogen functional groups attached to an aromatic ring is 1. The lowest BCUT2D eigenvalue weighted by atomic mass is 9.92. The molecule has 20 heteroatoms. The SMILES string of the molecule is CC(C)OC(=O)OCOP(=O)(OCOC[C@@]1(C(C)F)O[C@@H](n2ccc(N)nc2=O)[C@H](F)[C@@H]1O)OCOC(=O)OC(C)C. The van der Waals surface area contributed by atoms with E-state index in [2.05, 4.69) is 14.5 Å². The largest absolute Gasteiger partial charge is 0.510 e. The Labute approximate surface area is 238 Å². The van der Waals surface area contributed by atoms with Crippen molar-refractivity contribution in [3.05, 3.63) is 22.7 Å². The zero-order chi connectivity index (χ0) is 31.7. The van der Waals surface area contributed by atoms with Crippen LogP contribution < -0.4 is 11.4 Å². The van der Waals surface area contributed by atoms with Crippen molar-refractivity contribution in [1.82, 2.24) is 9.55 Å². The van der Waals surface area contributed by atoms with Crippen molar-refractivity contribution in [3.63, 3.8) is 0 Å². The van der Waals surface area contributed by atoms with Crippen molar-refractivity contribution in [2.75, 3.05) is 32.7 Å². The summed E-state index contributed by atoms with van der Waals surface area (Å²) in [5, 5.41) is 10.5. The van der Waals surface area contributed by atoms with E-state index in [9.17, 15) is 28.4 Å². The fourth-order valence-electron chi connectivity index (χ4n) is 3.32. The van der Waals surface area contributed by atoms with Gasteiger partial charge in [-0.15, -0.1) is 0 Å². The number of carbonyl (C=O) groups excluding carboxylic acids is 2. The Morgan fingerprint density at radius 3 is 2.10 bits per heavy atom. The topological polar surface area (TPSA) is 215 Å². The highest BCUT2D eigenvalue weighted by molar-refractivity contribution is 7.48. The molecule has 0 aromatic carbocycles. The number of rotatable bonds is 15. The van der Waals surface area contributed by atoms with Crippen LogP contribution in [0.15, 0.2) is 17.1 Å². The fraction of sp³-hybridized carbons (Fsp3) is 0.727. The van der Waals surface area contributed by atoms with Gasteiger partial charge in [0.1, 0.15) is 18.1 Å². The molecule has 1 saturated heterocycles. The molecule has 1 aliphatic rings. The minimum atomic E-state index is -4.73. The average molecular weight is 633 g/mol. The molecule has 0 radical (unpaired) electrons. The van der Waals surface area contributed by atoms with E-state index in [0.717, 1.165) is 13.1 Å². The first-order valence-corrected chi connectivity index (χ1v) is 13.8. The number of halogens is 2. The molecule has 0 aliphatic carbocycles. The number of hydrogen-bond acceptors (Lipinski definition) is 16. The number of nitrogens with zero attached hydrogens (tertiary/aromatic N) is 2. The third-order valence-electron chi connectivity index (χ3n) is 5.27. The van der Waals surface area contributed by atoms with E-state index in [1.165, 1.54) is 6.07 Å². The molecular weight excluding hydrogens is 599 g/mol. The predicted octanol–water partition coefficient (Wildman–Crippen LogP) is 2.32. The normalized spacial score (nSPS) is 23.1. The number of ether oxygens (including phenoxy) is 6. The number of phosphoric acid groups is 1. The van der Waals surface area contributed by atoms with Crippen LogP contribution in [0.3, 0.4) is 0 Å². The van der Waals surface area contributed by atoms with Crippen molar-refractivity contribution in [2.24, 2.45) is 0 Å². The third-order valence-corrected chi connectivity index (χ3v) is 6.54. The van der Waals surface area contributed by atoms with Crippen molar-refractivity contribution in [2.45, 2.75) is 77.1 Å². The Balaban J connectivity index is 2.06. The number of hydrogen-bond donors (Lipinski definition) is 2. The summed E-state index contributed by atoms with van der Waals surface area (Å²) < 4.78 is 87.2. The highest BCUT2D eigenvalue weighted by Gasteiger charge is 2.59. The molecule has 5 atom stereocenters. The Bertz CT molecular complexity index is 1120. The summed E-state index contributed by atoms with van der Waals surface area (Å²) in [5.41, 5.74) is 2.04. The highest BCUT2D eigenvalue weighted by Crippen LogP contribution is 2.49. The summed E-state index contributed by atoms with van der Waals surface area (Å²) in [6, 6.07) is 1.17. The average Bonchev–Trinajstić information content (AvgIpc) is 3.12. The summed E-state index contributed by atoms with van der Waals surface area (Å²) in [4.78, 5) is 38.7. The number of alkyl halides is 2. The lowest BCUT2D eigenvalue weighted by Crippen LogP contribution is -2.52. The number of phosphoric ester groups is 1. The number of aromatic nitrogens is 2. The number of nitrogens with two attached hydrogens (primary N) is 1. The van der Waals surface area contributed by atoms with E-state index in [-0.39, 0.29) is 5.82 Å². The van der Waals surface area contributed by atoms with Gasteiger partial charge in [-0.1, -0.05) is 0 Å². The lowest BCUT2D eigenvalue weighted by molar-refractivity contribution is -0.183. The van der Waals surface area contributed by atoms with Crippen LogP contribution in [0.5, 0.6) is 0 Å². The van der Waals surface area contributed by atoms with E-state index < -0.39 is 95.3 Å². The minimum Gasteiger partial charge on any atom is -0.432 e. The van der Waals surface area contributed by atoms with Gasteiger partial charge in [0.25, 0.3) is 0 Å². The molecule has 42 heavy (non-hydrogen) atoms. The highest BCUT2D eigenvalue weighted by atomic mass is 31.2.